The first-order valence-corrected chi connectivity index (χ1v) is 14.3. The molecule has 1 amide bonds. The molecule has 1 saturated carbocycles. The number of benzene rings is 3. The van der Waals surface area contributed by atoms with Gasteiger partial charge in [0.2, 0.25) is 0 Å². The minimum atomic E-state index is -4.14. The van der Waals surface area contributed by atoms with Crippen LogP contribution in [0, 0.1) is 17.2 Å². The molecule has 1 aliphatic carbocycles. The fourth-order valence-corrected chi connectivity index (χ4v) is 5.68. The van der Waals surface area contributed by atoms with Gasteiger partial charge in [0.05, 0.1) is 18.0 Å². The Morgan fingerprint density at radius 1 is 1.05 bits per heavy atom. The van der Waals surface area contributed by atoms with Crippen molar-refractivity contribution in [2.75, 3.05) is 12.8 Å². The molecule has 0 bridgehead atoms. The summed E-state index contributed by atoms with van der Waals surface area (Å²) in [5.41, 5.74) is 4.71. The number of carbonyl (C=O) groups is 2. The van der Waals surface area contributed by atoms with Crippen LogP contribution in [0.2, 0.25) is 0 Å². The molecule has 1 aliphatic rings. The highest BCUT2D eigenvalue weighted by Crippen LogP contribution is 2.42. The first-order chi connectivity index (χ1) is 18.6. The maximum absolute atomic E-state index is 13.6. The summed E-state index contributed by atoms with van der Waals surface area (Å²) in [5, 5.41) is 12.7. The molecule has 39 heavy (non-hydrogen) atoms. The van der Waals surface area contributed by atoms with E-state index < -0.39 is 39.5 Å². The lowest BCUT2D eigenvalue weighted by Crippen LogP contribution is -2.58. The third-order valence-corrected chi connectivity index (χ3v) is 7.36. The Balaban J connectivity index is 1.47. The van der Waals surface area contributed by atoms with Crippen LogP contribution >= 0.6 is 0 Å². The summed E-state index contributed by atoms with van der Waals surface area (Å²) in [6.07, 6.45) is 0.577. The number of carbonyl (C=O) groups excluding carboxylic acids is 2. The molecule has 0 saturated heterocycles. The SMILES string of the molecule is CS(=O)(=O)OC1(C(=O)Oc2ccc3ccccc3c2)CCC(CNC(=O)OCc2ccccc2)CC1C(=N)N. The van der Waals surface area contributed by atoms with Crippen LogP contribution < -0.4 is 15.8 Å². The molecule has 4 rings (SSSR count). The number of amides is 1. The van der Waals surface area contributed by atoms with Crippen molar-refractivity contribution in [3.63, 3.8) is 0 Å². The number of hydrogen-bond donors (Lipinski definition) is 3. The topological polar surface area (TPSA) is 158 Å². The predicted octanol–water partition coefficient (Wildman–Crippen LogP) is 3.74. The van der Waals surface area contributed by atoms with Crippen molar-refractivity contribution in [2.45, 2.75) is 31.5 Å². The van der Waals surface area contributed by atoms with Gasteiger partial charge in [-0.1, -0.05) is 60.7 Å². The highest BCUT2D eigenvalue weighted by atomic mass is 32.2. The van der Waals surface area contributed by atoms with Crippen molar-refractivity contribution in [2.24, 2.45) is 17.6 Å². The van der Waals surface area contributed by atoms with Crippen molar-refractivity contribution in [3.8, 4) is 5.75 Å². The predicted molar refractivity (Wildman–Crippen MR) is 146 cm³/mol. The number of amidine groups is 1. The number of fused-ring (bicyclic) bond motifs is 1. The first kappa shape index (κ1) is 28.1. The third-order valence-electron chi connectivity index (χ3n) is 6.76. The second kappa shape index (κ2) is 11.8. The lowest BCUT2D eigenvalue weighted by molar-refractivity contribution is -0.159. The average Bonchev–Trinajstić information content (AvgIpc) is 2.90. The molecule has 0 aromatic heterocycles. The molecule has 206 valence electrons. The minimum Gasteiger partial charge on any atom is -0.445 e. The van der Waals surface area contributed by atoms with E-state index in [0.29, 0.717) is 6.42 Å². The number of nitrogens with two attached hydrogens (primary N) is 1. The molecular weight excluding hydrogens is 522 g/mol. The third kappa shape index (κ3) is 7.12. The Kier molecular flexibility index (Phi) is 8.51. The summed E-state index contributed by atoms with van der Waals surface area (Å²) in [4.78, 5) is 25.8. The number of hydrogen-bond acceptors (Lipinski definition) is 8. The number of ether oxygens (including phenoxy) is 2. The molecule has 3 aromatic carbocycles. The van der Waals surface area contributed by atoms with Gasteiger partial charge in [0, 0.05) is 6.54 Å². The van der Waals surface area contributed by atoms with Crippen molar-refractivity contribution in [1.82, 2.24) is 5.32 Å². The van der Waals surface area contributed by atoms with E-state index >= 15 is 0 Å². The van der Waals surface area contributed by atoms with E-state index in [9.17, 15) is 18.0 Å². The minimum absolute atomic E-state index is 0.0812. The monoisotopic (exact) mass is 553 g/mol. The van der Waals surface area contributed by atoms with E-state index in [1.54, 1.807) is 18.2 Å². The Hall–Kier alpha value is -3.96. The van der Waals surface area contributed by atoms with Gasteiger partial charge in [-0.15, -0.1) is 0 Å². The van der Waals surface area contributed by atoms with Crippen molar-refractivity contribution in [3.05, 3.63) is 78.4 Å². The molecule has 3 aromatic rings. The summed E-state index contributed by atoms with van der Waals surface area (Å²) < 4.78 is 40.8. The van der Waals surface area contributed by atoms with Crippen LogP contribution in [0.1, 0.15) is 24.8 Å². The Morgan fingerprint density at radius 2 is 1.74 bits per heavy atom. The van der Waals surface area contributed by atoms with Crippen molar-refractivity contribution < 1.29 is 31.7 Å². The quantitative estimate of drug-likeness (QED) is 0.119. The fraction of sp³-hybridized carbons (Fsp3) is 0.321. The maximum Gasteiger partial charge on any atom is 0.407 e. The van der Waals surface area contributed by atoms with E-state index in [1.165, 1.54) is 0 Å². The number of rotatable bonds is 9. The molecule has 0 spiro atoms. The first-order valence-electron chi connectivity index (χ1n) is 12.5. The molecule has 3 atom stereocenters. The van der Waals surface area contributed by atoms with Crippen molar-refractivity contribution in [1.29, 1.82) is 5.41 Å². The Morgan fingerprint density at radius 3 is 2.44 bits per heavy atom. The van der Waals surface area contributed by atoms with Crippen LogP contribution in [-0.2, 0) is 30.4 Å². The highest BCUT2D eigenvalue weighted by molar-refractivity contribution is 7.86. The lowest BCUT2D eigenvalue weighted by atomic mass is 9.70. The number of esters is 1. The highest BCUT2D eigenvalue weighted by Gasteiger charge is 2.55. The lowest BCUT2D eigenvalue weighted by Gasteiger charge is -2.42. The van der Waals surface area contributed by atoms with E-state index in [2.05, 4.69) is 5.32 Å². The van der Waals surface area contributed by atoms with Gasteiger partial charge in [0.1, 0.15) is 12.4 Å². The summed E-state index contributed by atoms with van der Waals surface area (Å²) >= 11 is 0. The molecule has 10 nitrogen and oxygen atoms in total. The van der Waals surface area contributed by atoms with Gasteiger partial charge in [-0.05, 0) is 53.6 Å². The zero-order valence-electron chi connectivity index (χ0n) is 21.5. The van der Waals surface area contributed by atoms with Crippen LogP contribution in [-0.4, -0.2) is 44.7 Å². The molecule has 1 fully saturated rings. The molecular formula is C28H31N3O7S. The zero-order valence-corrected chi connectivity index (χ0v) is 22.3. The number of alkyl carbamates (subject to hydrolysis) is 1. The van der Waals surface area contributed by atoms with Crippen LogP contribution in [0.5, 0.6) is 5.75 Å². The second-order valence-electron chi connectivity index (χ2n) is 9.67. The molecule has 11 heteroatoms. The van der Waals surface area contributed by atoms with Gasteiger partial charge in [-0.25, -0.2) is 9.59 Å². The van der Waals surface area contributed by atoms with Gasteiger partial charge in [0.15, 0.2) is 5.60 Å². The summed E-state index contributed by atoms with van der Waals surface area (Å²) in [6.45, 7) is 0.297. The van der Waals surface area contributed by atoms with E-state index in [1.807, 2.05) is 54.6 Å². The molecule has 3 unspecified atom stereocenters. The largest absolute Gasteiger partial charge is 0.445 e. The zero-order chi connectivity index (χ0) is 28.0. The molecule has 4 N–H and O–H groups in total. The average molecular weight is 554 g/mol. The van der Waals surface area contributed by atoms with Gasteiger partial charge in [-0.3, -0.25) is 9.59 Å². The Labute approximate surface area is 227 Å². The van der Waals surface area contributed by atoms with Crippen LogP contribution in [0.4, 0.5) is 4.79 Å². The Bertz CT molecular complexity index is 1460. The summed E-state index contributed by atoms with van der Waals surface area (Å²) in [7, 11) is -4.14. The summed E-state index contributed by atoms with van der Waals surface area (Å²) in [6, 6.07) is 21.8. The van der Waals surface area contributed by atoms with Gasteiger partial charge in [-0.2, -0.15) is 8.42 Å². The second-order valence-corrected chi connectivity index (χ2v) is 11.2. The molecule has 0 aliphatic heterocycles. The van der Waals surface area contributed by atoms with Crippen molar-refractivity contribution >= 4 is 38.8 Å². The van der Waals surface area contributed by atoms with E-state index in [-0.39, 0.29) is 37.7 Å². The van der Waals surface area contributed by atoms with E-state index in [4.69, 9.17) is 24.8 Å². The summed E-state index contributed by atoms with van der Waals surface area (Å²) in [5.74, 6) is -2.46. The fourth-order valence-electron chi connectivity index (χ4n) is 4.87. The number of nitrogens with one attached hydrogen (secondary N) is 2. The van der Waals surface area contributed by atoms with Crippen LogP contribution in [0.15, 0.2) is 72.8 Å². The van der Waals surface area contributed by atoms with Gasteiger partial charge < -0.3 is 20.5 Å². The van der Waals surface area contributed by atoms with E-state index in [0.717, 1.165) is 22.6 Å². The molecule has 0 heterocycles. The van der Waals surface area contributed by atoms with Gasteiger partial charge in [0.25, 0.3) is 10.1 Å². The van der Waals surface area contributed by atoms with Gasteiger partial charge >= 0.3 is 12.1 Å². The normalized spacial score (nSPS) is 21.2. The molecule has 0 radical (unpaired) electrons. The maximum atomic E-state index is 13.6. The smallest absolute Gasteiger partial charge is 0.407 e. The van der Waals surface area contributed by atoms with Crippen LogP contribution in [0.3, 0.4) is 0 Å². The standard InChI is InChI=1S/C28H31N3O7S/c1-39(34,35)38-28(26(32)37-23-12-11-21-9-5-6-10-22(21)16-23)14-13-20(15-24(28)25(29)30)17-31-27(33)36-18-19-7-3-2-4-8-19/h2-12,16,20,24H,13-15,17-18H2,1H3,(H3,29,30)(H,31,33). The van der Waals surface area contributed by atoms with Crippen LogP contribution in [0.25, 0.3) is 10.8 Å².